The zero-order valence-electron chi connectivity index (χ0n) is 19.1. The first-order valence-corrected chi connectivity index (χ1v) is 12.5. The SMILES string of the molecule is CSCC[C@@H](NC(=O)c1ccc(NC(=O)OCC2c3ccccc3-c3ccccc32)cn1)C(=O)O. The van der Waals surface area contributed by atoms with Crippen LogP contribution in [0.1, 0.15) is 34.0 Å². The van der Waals surface area contributed by atoms with Crippen LogP contribution in [0.4, 0.5) is 10.5 Å². The number of benzene rings is 2. The van der Waals surface area contributed by atoms with Crippen LogP contribution in [-0.2, 0) is 9.53 Å². The van der Waals surface area contributed by atoms with Crippen LogP contribution in [0.2, 0.25) is 0 Å². The van der Waals surface area contributed by atoms with E-state index in [1.54, 1.807) is 0 Å². The van der Waals surface area contributed by atoms with Crippen LogP contribution in [0.3, 0.4) is 0 Å². The standard InChI is InChI=1S/C26H25N3O5S/c1-35-13-12-23(25(31)32)29-24(30)22-11-10-16(14-27-22)28-26(33)34-15-21-19-8-4-2-6-17(19)18-7-3-5-9-20(18)21/h2-11,14,21,23H,12-13,15H2,1H3,(H,28,33)(H,29,30)(H,31,32)/t23-/m1/s1. The summed E-state index contributed by atoms with van der Waals surface area (Å²) in [5.74, 6) is -1.13. The summed E-state index contributed by atoms with van der Waals surface area (Å²) in [4.78, 5) is 40.2. The number of nitrogens with zero attached hydrogens (tertiary/aromatic N) is 1. The Balaban J connectivity index is 1.34. The summed E-state index contributed by atoms with van der Waals surface area (Å²) in [7, 11) is 0. The molecule has 1 aromatic heterocycles. The summed E-state index contributed by atoms with van der Waals surface area (Å²) >= 11 is 1.50. The van der Waals surface area contributed by atoms with Crippen molar-refractivity contribution in [2.75, 3.05) is 23.9 Å². The van der Waals surface area contributed by atoms with Crippen molar-refractivity contribution in [2.24, 2.45) is 0 Å². The number of thioether (sulfide) groups is 1. The molecule has 0 bridgehead atoms. The number of carboxylic acids is 1. The van der Waals surface area contributed by atoms with Crippen molar-refractivity contribution in [3.63, 3.8) is 0 Å². The molecule has 0 saturated carbocycles. The van der Waals surface area contributed by atoms with Crippen molar-refractivity contribution >= 4 is 35.4 Å². The molecule has 0 saturated heterocycles. The lowest BCUT2D eigenvalue weighted by molar-refractivity contribution is -0.139. The normalized spacial score (nSPS) is 12.8. The van der Waals surface area contributed by atoms with Crippen LogP contribution in [0.5, 0.6) is 0 Å². The van der Waals surface area contributed by atoms with E-state index in [-0.39, 0.29) is 18.2 Å². The number of carboxylic acid groups (broad SMARTS) is 1. The molecule has 3 N–H and O–H groups in total. The third-order valence-electron chi connectivity index (χ3n) is 5.80. The quantitative estimate of drug-likeness (QED) is 0.407. The van der Waals surface area contributed by atoms with Gasteiger partial charge in [-0.1, -0.05) is 48.5 Å². The van der Waals surface area contributed by atoms with Crippen molar-refractivity contribution in [1.82, 2.24) is 10.3 Å². The number of aromatic nitrogens is 1. The van der Waals surface area contributed by atoms with E-state index in [4.69, 9.17) is 4.74 Å². The molecule has 8 nitrogen and oxygen atoms in total. The summed E-state index contributed by atoms with van der Waals surface area (Å²) in [6.07, 6.45) is 2.87. The van der Waals surface area contributed by atoms with Gasteiger partial charge >= 0.3 is 12.1 Å². The maximum absolute atomic E-state index is 12.4. The minimum Gasteiger partial charge on any atom is -0.480 e. The average molecular weight is 492 g/mol. The first-order chi connectivity index (χ1) is 17.0. The van der Waals surface area contributed by atoms with Gasteiger partial charge in [0, 0.05) is 5.92 Å². The zero-order valence-corrected chi connectivity index (χ0v) is 19.9. The number of nitrogens with one attached hydrogen (secondary N) is 2. The van der Waals surface area contributed by atoms with Gasteiger partial charge in [-0.2, -0.15) is 11.8 Å². The highest BCUT2D eigenvalue weighted by atomic mass is 32.2. The van der Waals surface area contributed by atoms with E-state index in [0.717, 1.165) is 22.3 Å². The molecule has 1 heterocycles. The van der Waals surface area contributed by atoms with Gasteiger partial charge in [0.15, 0.2) is 0 Å². The lowest BCUT2D eigenvalue weighted by atomic mass is 9.98. The van der Waals surface area contributed by atoms with Gasteiger partial charge in [-0.05, 0) is 52.8 Å². The van der Waals surface area contributed by atoms with Crippen LogP contribution in [0, 0.1) is 0 Å². The molecule has 0 radical (unpaired) electrons. The van der Waals surface area contributed by atoms with Crippen LogP contribution in [0.15, 0.2) is 66.9 Å². The molecule has 1 aliphatic rings. The van der Waals surface area contributed by atoms with Gasteiger partial charge in [-0.25, -0.2) is 14.6 Å². The number of fused-ring (bicyclic) bond motifs is 3. The molecule has 0 aliphatic heterocycles. The van der Waals surface area contributed by atoms with E-state index in [9.17, 15) is 19.5 Å². The van der Waals surface area contributed by atoms with E-state index in [2.05, 4.69) is 27.8 Å². The van der Waals surface area contributed by atoms with Crippen LogP contribution in [0.25, 0.3) is 11.1 Å². The fraction of sp³-hybridized carbons (Fsp3) is 0.231. The Morgan fingerprint density at radius 1 is 1.03 bits per heavy atom. The number of aliphatic carboxylic acids is 1. The molecule has 3 aromatic rings. The van der Waals surface area contributed by atoms with Gasteiger partial charge in [-0.3, -0.25) is 10.1 Å². The Morgan fingerprint density at radius 3 is 2.26 bits per heavy atom. The number of carbonyl (C=O) groups excluding carboxylic acids is 2. The Kier molecular flexibility index (Phi) is 7.67. The van der Waals surface area contributed by atoms with Gasteiger partial charge in [-0.15, -0.1) is 0 Å². The minimum absolute atomic E-state index is 0.0503. The van der Waals surface area contributed by atoms with Gasteiger partial charge in [0.1, 0.15) is 18.3 Å². The van der Waals surface area contributed by atoms with E-state index in [0.29, 0.717) is 17.9 Å². The molecular weight excluding hydrogens is 466 g/mol. The molecule has 2 amide bonds. The van der Waals surface area contributed by atoms with Gasteiger partial charge < -0.3 is 15.2 Å². The molecule has 35 heavy (non-hydrogen) atoms. The maximum atomic E-state index is 12.4. The average Bonchev–Trinajstić information content (AvgIpc) is 3.19. The smallest absolute Gasteiger partial charge is 0.411 e. The highest BCUT2D eigenvalue weighted by Gasteiger charge is 2.29. The molecular formula is C26H25N3O5S. The molecule has 180 valence electrons. The predicted molar refractivity (Wildman–Crippen MR) is 135 cm³/mol. The molecule has 0 unspecified atom stereocenters. The van der Waals surface area contributed by atoms with E-state index < -0.39 is 24.0 Å². The molecule has 0 spiro atoms. The Labute approximate surface area is 207 Å². The summed E-state index contributed by atoms with van der Waals surface area (Å²) in [6, 6.07) is 18.1. The number of anilines is 1. The van der Waals surface area contributed by atoms with Crippen molar-refractivity contribution in [3.8, 4) is 11.1 Å². The second-order valence-corrected chi connectivity index (χ2v) is 9.01. The van der Waals surface area contributed by atoms with E-state index >= 15 is 0 Å². The van der Waals surface area contributed by atoms with E-state index in [1.165, 1.54) is 30.1 Å². The first kappa shape index (κ1) is 24.3. The number of pyridine rings is 1. The molecule has 1 aliphatic carbocycles. The second kappa shape index (κ2) is 11.1. The predicted octanol–water partition coefficient (Wildman–Crippen LogP) is 4.38. The minimum atomic E-state index is -1.10. The molecule has 9 heteroatoms. The Bertz CT molecular complexity index is 1190. The van der Waals surface area contributed by atoms with Crippen molar-refractivity contribution in [3.05, 3.63) is 83.7 Å². The number of rotatable bonds is 9. The maximum Gasteiger partial charge on any atom is 0.411 e. The number of hydrogen-bond acceptors (Lipinski definition) is 6. The third-order valence-corrected chi connectivity index (χ3v) is 6.44. The number of ether oxygens (including phenoxy) is 1. The van der Waals surface area contributed by atoms with Crippen molar-refractivity contribution < 1.29 is 24.2 Å². The number of amides is 2. The van der Waals surface area contributed by atoms with Crippen molar-refractivity contribution in [1.29, 1.82) is 0 Å². The van der Waals surface area contributed by atoms with Crippen LogP contribution in [-0.4, -0.2) is 52.7 Å². The highest BCUT2D eigenvalue weighted by Crippen LogP contribution is 2.44. The zero-order chi connectivity index (χ0) is 24.8. The fourth-order valence-electron chi connectivity index (χ4n) is 4.08. The molecule has 2 aromatic carbocycles. The van der Waals surface area contributed by atoms with E-state index in [1.807, 2.05) is 42.7 Å². The Morgan fingerprint density at radius 2 is 1.69 bits per heavy atom. The molecule has 4 rings (SSSR count). The second-order valence-electron chi connectivity index (χ2n) is 8.03. The summed E-state index contributed by atoms with van der Waals surface area (Å²) in [6.45, 7) is 0.181. The number of hydrogen-bond donors (Lipinski definition) is 3. The Hall–Kier alpha value is -3.85. The largest absolute Gasteiger partial charge is 0.480 e. The van der Waals surface area contributed by atoms with Gasteiger partial charge in [0.2, 0.25) is 0 Å². The van der Waals surface area contributed by atoms with Gasteiger partial charge in [0.05, 0.1) is 11.9 Å². The number of carbonyl (C=O) groups is 3. The summed E-state index contributed by atoms with van der Waals surface area (Å²) < 4.78 is 5.51. The fourth-order valence-corrected chi connectivity index (χ4v) is 4.55. The third kappa shape index (κ3) is 5.63. The molecule has 0 fully saturated rings. The van der Waals surface area contributed by atoms with Crippen molar-refractivity contribution in [2.45, 2.75) is 18.4 Å². The molecule has 1 atom stereocenters. The lowest BCUT2D eigenvalue weighted by Crippen LogP contribution is -2.41. The topological polar surface area (TPSA) is 118 Å². The highest BCUT2D eigenvalue weighted by molar-refractivity contribution is 7.98. The van der Waals surface area contributed by atoms with Crippen LogP contribution < -0.4 is 10.6 Å². The summed E-state index contributed by atoms with van der Waals surface area (Å²) in [5, 5.41) is 14.4. The van der Waals surface area contributed by atoms with Gasteiger partial charge in [0.25, 0.3) is 5.91 Å². The first-order valence-electron chi connectivity index (χ1n) is 11.1. The lowest BCUT2D eigenvalue weighted by Gasteiger charge is -2.15. The van der Waals surface area contributed by atoms with Crippen LogP contribution >= 0.6 is 11.8 Å². The summed E-state index contributed by atoms with van der Waals surface area (Å²) in [5.41, 5.74) is 4.95. The monoisotopic (exact) mass is 491 g/mol.